The maximum Gasteiger partial charge on any atom is 0.435 e. The monoisotopic (exact) mass is 436 g/mol. The fourth-order valence-corrected chi connectivity index (χ4v) is 3.42. The van der Waals surface area contributed by atoms with Crippen LogP contribution in [0.15, 0.2) is 48.8 Å². The summed E-state index contributed by atoms with van der Waals surface area (Å²) in [5.41, 5.74) is -1.14. The molecular weight excluding hydrogens is 421 g/mol. The molecule has 1 aliphatic rings. The van der Waals surface area contributed by atoms with E-state index >= 15 is 0 Å². The first-order valence-electron chi connectivity index (χ1n) is 9.08. The van der Waals surface area contributed by atoms with Crippen molar-refractivity contribution in [3.05, 3.63) is 65.2 Å². The Bertz CT molecular complexity index is 1050. The first-order valence-corrected chi connectivity index (χ1v) is 9.46. The number of anilines is 1. The van der Waals surface area contributed by atoms with Crippen molar-refractivity contribution in [3.63, 3.8) is 0 Å². The minimum Gasteiger partial charge on any atom is -0.337 e. The number of nitrogens with zero attached hydrogens (tertiary/aromatic N) is 6. The van der Waals surface area contributed by atoms with Gasteiger partial charge in [0.2, 0.25) is 5.95 Å². The number of carbonyl (C=O) groups is 1. The number of benzene rings is 1. The third kappa shape index (κ3) is 3.95. The second-order valence-corrected chi connectivity index (χ2v) is 7.01. The molecule has 0 atom stereocenters. The normalized spacial score (nSPS) is 14.8. The quantitative estimate of drug-likeness (QED) is 0.630. The van der Waals surface area contributed by atoms with Gasteiger partial charge in [-0.05, 0) is 18.2 Å². The fourth-order valence-electron chi connectivity index (χ4n) is 3.21. The van der Waals surface area contributed by atoms with E-state index in [2.05, 4.69) is 15.1 Å². The van der Waals surface area contributed by atoms with Gasteiger partial charge in [-0.2, -0.15) is 18.3 Å². The SMILES string of the molecule is O=C(c1cc(C(F)(F)F)nn1-c1ccccc1Cl)N1CCN(c2ncccn2)CC1. The lowest BCUT2D eigenvalue weighted by atomic mass is 10.2. The molecule has 1 aromatic carbocycles. The summed E-state index contributed by atoms with van der Waals surface area (Å²) in [6, 6.07) is 8.76. The van der Waals surface area contributed by atoms with E-state index in [1.54, 1.807) is 30.6 Å². The molecule has 7 nitrogen and oxygen atoms in total. The molecule has 156 valence electrons. The molecule has 1 fully saturated rings. The van der Waals surface area contributed by atoms with Gasteiger partial charge in [0.25, 0.3) is 5.91 Å². The first kappa shape index (κ1) is 20.1. The van der Waals surface area contributed by atoms with E-state index in [0.29, 0.717) is 32.1 Å². The number of hydrogen-bond donors (Lipinski definition) is 0. The molecule has 2 aromatic heterocycles. The number of amides is 1. The summed E-state index contributed by atoms with van der Waals surface area (Å²) in [5.74, 6) is -0.00313. The Morgan fingerprint density at radius 1 is 1.00 bits per heavy atom. The van der Waals surface area contributed by atoms with Crippen LogP contribution in [0.4, 0.5) is 19.1 Å². The predicted octanol–water partition coefficient (Wildman–Crippen LogP) is 3.30. The zero-order chi connectivity index (χ0) is 21.3. The minimum absolute atomic E-state index is 0.189. The van der Waals surface area contributed by atoms with E-state index in [4.69, 9.17) is 11.6 Å². The number of alkyl halides is 3. The molecule has 3 aromatic rings. The molecule has 0 aliphatic carbocycles. The van der Waals surface area contributed by atoms with Gasteiger partial charge in [0, 0.05) is 44.6 Å². The van der Waals surface area contributed by atoms with Crippen LogP contribution in [-0.2, 0) is 6.18 Å². The molecule has 0 radical (unpaired) electrons. The largest absolute Gasteiger partial charge is 0.435 e. The van der Waals surface area contributed by atoms with Gasteiger partial charge >= 0.3 is 6.18 Å². The average molecular weight is 437 g/mol. The summed E-state index contributed by atoms with van der Waals surface area (Å²) in [6.45, 7) is 1.54. The molecule has 1 amide bonds. The number of carbonyl (C=O) groups excluding carboxylic acids is 1. The van der Waals surface area contributed by atoms with Gasteiger partial charge in [-0.1, -0.05) is 23.7 Å². The van der Waals surface area contributed by atoms with E-state index < -0.39 is 17.8 Å². The Hall–Kier alpha value is -3.14. The van der Waals surface area contributed by atoms with Crippen LogP contribution >= 0.6 is 11.6 Å². The maximum atomic E-state index is 13.3. The lowest BCUT2D eigenvalue weighted by molar-refractivity contribution is -0.141. The summed E-state index contributed by atoms with van der Waals surface area (Å²) in [5, 5.41) is 3.81. The highest BCUT2D eigenvalue weighted by Gasteiger charge is 2.37. The van der Waals surface area contributed by atoms with E-state index in [0.717, 1.165) is 10.7 Å². The van der Waals surface area contributed by atoms with Crippen molar-refractivity contribution >= 4 is 23.5 Å². The summed E-state index contributed by atoms with van der Waals surface area (Å²) in [7, 11) is 0. The Balaban J connectivity index is 1.61. The molecule has 0 unspecified atom stereocenters. The van der Waals surface area contributed by atoms with E-state index in [9.17, 15) is 18.0 Å². The lowest BCUT2D eigenvalue weighted by Crippen LogP contribution is -2.49. The second kappa shape index (κ2) is 7.94. The molecule has 0 spiro atoms. The van der Waals surface area contributed by atoms with Crippen molar-refractivity contribution in [2.45, 2.75) is 6.18 Å². The Kier molecular flexibility index (Phi) is 5.33. The highest BCUT2D eigenvalue weighted by molar-refractivity contribution is 6.32. The van der Waals surface area contributed by atoms with Crippen molar-refractivity contribution in [3.8, 4) is 5.69 Å². The molecule has 0 saturated carbocycles. The van der Waals surface area contributed by atoms with Crippen molar-refractivity contribution < 1.29 is 18.0 Å². The van der Waals surface area contributed by atoms with Crippen molar-refractivity contribution in [1.82, 2.24) is 24.6 Å². The van der Waals surface area contributed by atoms with Gasteiger partial charge < -0.3 is 9.80 Å². The lowest BCUT2D eigenvalue weighted by Gasteiger charge is -2.34. The molecule has 11 heteroatoms. The van der Waals surface area contributed by atoms with Gasteiger partial charge in [-0.15, -0.1) is 0 Å². The number of rotatable bonds is 3. The predicted molar refractivity (Wildman–Crippen MR) is 104 cm³/mol. The summed E-state index contributed by atoms with van der Waals surface area (Å²) in [4.78, 5) is 24.9. The van der Waals surface area contributed by atoms with Crippen molar-refractivity contribution in [1.29, 1.82) is 0 Å². The Morgan fingerprint density at radius 3 is 2.30 bits per heavy atom. The van der Waals surface area contributed by atoms with Crippen molar-refractivity contribution in [2.24, 2.45) is 0 Å². The summed E-state index contributed by atoms with van der Waals surface area (Å²) in [6.07, 6.45) is -1.44. The van der Waals surface area contributed by atoms with Crippen molar-refractivity contribution in [2.75, 3.05) is 31.1 Å². The Morgan fingerprint density at radius 2 is 1.67 bits per heavy atom. The number of aromatic nitrogens is 4. The molecule has 30 heavy (non-hydrogen) atoms. The standard InChI is InChI=1S/C19H16ClF3N6O/c20-13-4-1-2-5-14(13)29-15(12-16(26-29)19(21,22)23)17(30)27-8-10-28(11-9-27)18-24-6-3-7-25-18/h1-7,12H,8-11H2. The minimum atomic E-state index is -4.69. The van der Waals surface area contributed by atoms with Gasteiger partial charge in [0.15, 0.2) is 5.69 Å². The van der Waals surface area contributed by atoms with Crippen LogP contribution < -0.4 is 4.90 Å². The smallest absolute Gasteiger partial charge is 0.337 e. The number of halogens is 4. The number of hydrogen-bond acceptors (Lipinski definition) is 5. The van der Waals surface area contributed by atoms with Gasteiger partial charge in [-0.3, -0.25) is 4.79 Å². The molecule has 0 N–H and O–H groups in total. The van der Waals surface area contributed by atoms with Crippen LogP contribution in [-0.4, -0.2) is 56.7 Å². The van der Waals surface area contributed by atoms with E-state index in [1.165, 1.54) is 17.0 Å². The molecule has 3 heterocycles. The van der Waals surface area contributed by atoms with Crippen LogP contribution in [0, 0.1) is 0 Å². The average Bonchev–Trinajstić information content (AvgIpc) is 3.20. The highest BCUT2D eigenvalue weighted by atomic mass is 35.5. The van der Waals surface area contributed by atoms with Gasteiger partial charge in [0.1, 0.15) is 5.69 Å². The topological polar surface area (TPSA) is 67.2 Å². The van der Waals surface area contributed by atoms with Gasteiger partial charge in [-0.25, -0.2) is 14.6 Å². The third-order valence-electron chi connectivity index (χ3n) is 4.70. The molecule has 4 rings (SSSR count). The highest BCUT2D eigenvalue weighted by Crippen LogP contribution is 2.31. The van der Waals surface area contributed by atoms with E-state index in [-0.39, 0.29) is 16.4 Å². The number of para-hydroxylation sites is 1. The third-order valence-corrected chi connectivity index (χ3v) is 5.02. The zero-order valence-electron chi connectivity index (χ0n) is 15.6. The summed E-state index contributed by atoms with van der Waals surface area (Å²) < 4.78 is 40.8. The van der Waals surface area contributed by atoms with E-state index in [1.807, 2.05) is 4.90 Å². The molecule has 1 aliphatic heterocycles. The molecule has 1 saturated heterocycles. The van der Waals surface area contributed by atoms with Crippen LogP contribution in [0.2, 0.25) is 5.02 Å². The number of piperazine rings is 1. The zero-order valence-corrected chi connectivity index (χ0v) is 16.3. The Labute approximate surface area is 174 Å². The molecule has 0 bridgehead atoms. The van der Waals surface area contributed by atoms with Crippen LogP contribution in [0.25, 0.3) is 5.69 Å². The fraction of sp³-hybridized carbons (Fsp3) is 0.263. The van der Waals surface area contributed by atoms with Crippen LogP contribution in [0.3, 0.4) is 0 Å². The molecular formula is C19H16ClF3N6O. The van der Waals surface area contributed by atoms with Crippen LogP contribution in [0.1, 0.15) is 16.2 Å². The second-order valence-electron chi connectivity index (χ2n) is 6.60. The summed E-state index contributed by atoms with van der Waals surface area (Å²) >= 11 is 6.14. The van der Waals surface area contributed by atoms with Crippen LogP contribution in [0.5, 0.6) is 0 Å². The maximum absolute atomic E-state index is 13.3. The van der Waals surface area contributed by atoms with Gasteiger partial charge in [0.05, 0.1) is 10.7 Å². The first-order chi connectivity index (χ1) is 14.3.